The van der Waals surface area contributed by atoms with Crippen molar-refractivity contribution in [1.82, 2.24) is 0 Å². The zero-order valence-corrected chi connectivity index (χ0v) is 37.9. The van der Waals surface area contributed by atoms with E-state index < -0.39 is 195 Å². The lowest BCUT2D eigenvalue weighted by atomic mass is 9.88. The van der Waals surface area contributed by atoms with Gasteiger partial charge in [0.05, 0.1) is 37.7 Å². The smallest absolute Gasteiger partial charge is 0.199 e. The summed E-state index contributed by atoms with van der Waals surface area (Å²) in [4.78, 5) is 0. The molecule has 0 rings (SSSR count). The van der Waals surface area contributed by atoms with Crippen molar-refractivity contribution in [3.63, 3.8) is 0 Å². The fourth-order valence-corrected chi connectivity index (χ4v) is 8.76. The topological polar surface area (TPSA) is 0 Å². The Morgan fingerprint density at radius 2 is 0.253 bits per heavy atom. The molecule has 0 saturated heterocycles. The van der Waals surface area contributed by atoms with Gasteiger partial charge < -0.3 is 0 Å². The predicted octanol–water partition coefficient (Wildman–Crippen LogP) is 18.8. The highest BCUT2D eigenvalue weighted by molar-refractivity contribution is 7.75. The van der Waals surface area contributed by atoms with E-state index in [1.54, 1.807) is 0 Å². The van der Waals surface area contributed by atoms with Crippen LogP contribution in [0.4, 0.5) is 224 Å². The third kappa shape index (κ3) is 10.9. The quantitative estimate of drug-likeness (QED) is 0.0568. The molecule has 0 aliphatic rings. The highest BCUT2D eigenvalue weighted by Gasteiger charge is 2.99. The summed E-state index contributed by atoms with van der Waals surface area (Å²) in [5.41, 5.74) is 0. The van der Waals surface area contributed by atoms with E-state index in [9.17, 15) is 224 Å². The van der Waals surface area contributed by atoms with Gasteiger partial charge in [-0.1, -0.05) is 0 Å². The highest BCUT2D eigenvalue weighted by Crippen LogP contribution is 2.70. The first-order chi connectivity index (χ1) is 34.9. The Balaban J connectivity index is 8.34. The van der Waals surface area contributed by atoms with Crippen molar-refractivity contribution in [2.24, 2.45) is 0 Å². The lowest BCUT2D eigenvalue weighted by Gasteiger charge is -2.43. The molecule has 0 atom stereocenters. The van der Waals surface area contributed by atoms with Crippen LogP contribution in [-0.2, 0) is 0 Å². The van der Waals surface area contributed by atoms with Crippen molar-refractivity contribution in [2.45, 2.75) is 162 Å². The van der Waals surface area contributed by atoms with Crippen molar-refractivity contribution in [2.75, 3.05) is 25.2 Å². The molecule has 0 aliphatic heterocycles. The number of hydrogen-bond acceptors (Lipinski definition) is 0. The fraction of sp³-hybridized carbons (Fsp3) is 1.00. The second kappa shape index (κ2) is 20.5. The Morgan fingerprint density at radius 1 is 0.157 bits per heavy atom. The van der Waals surface area contributed by atoms with E-state index in [1.807, 2.05) is 0 Å². The van der Waals surface area contributed by atoms with E-state index in [0.29, 0.717) is 0 Å². The molecular formula is C31H15F51P+. The van der Waals surface area contributed by atoms with Crippen LogP contribution in [0.2, 0.25) is 0 Å². The van der Waals surface area contributed by atoms with Gasteiger partial charge in [0.2, 0.25) is 0 Å². The van der Waals surface area contributed by atoms with Gasteiger partial charge in [0.15, 0.2) is 0 Å². The molecule has 0 unspecified atom stereocenters. The lowest BCUT2D eigenvalue weighted by Crippen LogP contribution is -2.74. The van der Waals surface area contributed by atoms with Gasteiger partial charge in [-0.15, -0.1) is 0 Å². The summed E-state index contributed by atoms with van der Waals surface area (Å²) in [5, 5.41) is 0. The van der Waals surface area contributed by atoms with E-state index >= 15 is 0 Å². The summed E-state index contributed by atoms with van der Waals surface area (Å²) in [5.74, 6) is -193. The summed E-state index contributed by atoms with van der Waals surface area (Å²) >= 11 is 0. The predicted molar refractivity (Wildman–Crippen MR) is 163 cm³/mol. The molecule has 0 nitrogen and oxygen atoms in total. The van der Waals surface area contributed by atoms with Crippen LogP contribution in [0.5, 0.6) is 0 Å². The van der Waals surface area contributed by atoms with E-state index in [0.717, 1.165) is 0 Å². The molecule has 0 aromatic heterocycles. The molecule has 0 radical (unpaired) electrons. The van der Waals surface area contributed by atoms with Crippen LogP contribution in [0.25, 0.3) is 0 Å². The summed E-state index contributed by atoms with van der Waals surface area (Å²) in [6.45, 7) is -1.09. The highest BCUT2D eigenvalue weighted by atomic mass is 31.2. The molecule has 0 bridgehead atoms. The molecule has 0 spiro atoms. The van der Waals surface area contributed by atoms with E-state index in [1.165, 1.54) is 0 Å². The van der Waals surface area contributed by atoms with Gasteiger partial charge in [-0.3, -0.25) is 0 Å². The Kier molecular flexibility index (Phi) is 19.7. The Labute approximate surface area is 419 Å². The third-order valence-electron chi connectivity index (χ3n) is 11.3. The average molecular weight is 1390 g/mol. The minimum absolute atomic E-state index is 1.09. The maximum atomic E-state index is 14.8. The average Bonchev–Trinajstić information content (AvgIpc) is 3.24. The molecular weight excluding hydrogens is 1370 g/mol. The molecule has 0 saturated carbocycles. The van der Waals surface area contributed by atoms with Crippen LogP contribution >= 0.6 is 7.26 Å². The summed E-state index contributed by atoms with van der Waals surface area (Å²) in [7, 11) is -6.76. The maximum absolute atomic E-state index is 14.8. The van der Waals surface area contributed by atoms with Crippen LogP contribution in [0.3, 0.4) is 0 Å². The monoisotopic (exact) mass is 1390 g/mol. The molecule has 0 amide bonds. The third-order valence-corrected chi connectivity index (χ3v) is 15.2. The number of hydrogen-bond donors (Lipinski definition) is 0. The largest absolute Gasteiger partial charge is 0.460 e. The van der Waals surface area contributed by atoms with Gasteiger partial charge in [0, 0.05) is 13.9 Å². The minimum Gasteiger partial charge on any atom is -0.199 e. The van der Waals surface area contributed by atoms with Crippen molar-refractivity contribution >= 4 is 7.26 Å². The summed E-state index contributed by atoms with van der Waals surface area (Å²) in [6, 6.07) is 0. The standard InChI is InChI=1S/C31H15F51P/c1-83(5-2-8(32,33)11(38,39)14(44,45)17(50,51)20(56,57)23(62,63)26(68,69)29(74,75)76,6-3-9(34,35)12(40,41)15(46,47)18(52,53)21(58,59)24(64,65)27(70,71)30(77,78)79)7-4-10(36,37)13(42,43)16(48,49)19(54,55)22(60,61)25(66,67)28(72,73)31(80,81)82/h2-7H2,1H3/q+1. The van der Waals surface area contributed by atoms with Crippen LogP contribution < -0.4 is 0 Å². The van der Waals surface area contributed by atoms with E-state index in [4.69, 9.17) is 0 Å². The number of halogens is 51. The molecule has 0 heterocycles. The van der Waals surface area contributed by atoms with Gasteiger partial charge in [-0.2, -0.15) is 224 Å². The van der Waals surface area contributed by atoms with Crippen LogP contribution in [0.15, 0.2) is 0 Å². The van der Waals surface area contributed by atoms with Crippen LogP contribution in [-0.4, -0.2) is 168 Å². The van der Waals surface area contributed by atoms with E-state index in [-0.39, 0.29) is 0 Å². The number of alkyl halides is 51. The first-order valence-corrected chi connectivity index (χ1v) is 21.6. The Bertz CT molecular complexity index is 2000. The van der Waals surface area contributed by atoms with Crippen molar-refractivity contribution in [1.29, 1.82) is 0 Å². The van der Waals surface area contributed by atoms with Crippen LogP contribution in [0, 0.1) is 0 Å². The SMILES string of the molecule is C[P+](CCC(F)(F)C(F)(F)C(F)(F)C(F)(F)C(F)(F)C(F)(F)C(F)(F)C(F)(F)F)(CCC(F)(F)C(F)(F)C(F)(F)C(F)(F)C(F)(F)C(F)(F)C(F)(F)C(F)(F)F)CCC(F)(F)C(F)(F)C(F)(F)C(F)(F)C(F)(F)C(F)(F)C(F)(F)C(F)(F)F. The van der Waals surface area contributed by atoms with Crippen molar-refractivity contribution in [3.05, 3.63) is 0 Å². The number of rotatable bonds is 27. The molecule has 0 aliphatic carbocycles. The van der Waals surface area contributed by atoms with Gasteiger partial charge in [0.25, 0.3) is 0 Å². The zero-order chi connectivity index (χ0) is 68.7. The van der Waals surface area contributed by atoms with Gasteiger partial charge in [-0.25, -0.2) is 0 Å². The van der Waals surface area contributed by atoms with Gasteiger partial charge in [0.1, 0.15) is 0 Å². The fourth-order valence-electron chi connectivity index (χ4n) is 5.63. The Morgan fingerprint density at radius 3 is 0.361 bits per heavy atom. The molecule has 0 fully saturated rings. The summed E-state index contributed by atoms with van der Waals surface area (Å²) < 4.78 is 700. The summed E-state index contributed by atoms with van der Waals surface area (Å²) in [6.07, 6.45) is -49.9. The van der Waals surface area contributed by atoms with Gasteiger partial charge in [-0.05, 0) is 0 Å². The van der Waals surface area contributed by atoms with E-state index in [2.05, 4.69) is 0 Å². The molecule has 0 N–H and O–H groups in total. The van der Waals surface area contributed by atoms with Crippen LogP contribution in [0.1, 0.15) is 19.3 Å². The van der Waals surface area contributed by atoms with Crippen molar-refractivity contribution < 1.29 is 224 Å². The zero-order valence-electron chi connectivity index (χ0n) is 37.0. The molecule has 0 aromatic carbocycles. The lowest BCUT2D eigenvalue weighted by molar-refractivity contribution is -0.461. The normalized spacial score (nSPS) is 17.2. The maximum Gasteiger partial charge on any atom is 0.460 e. The van der Waals surface area contributed by atoms with Crippen molar-refractivity contribution in [3.8, 4) is 0 Å². The first kappa shape index (κ1) is 79.9. The molecule has 83 heavy (non-hydrogen) atoms. The molecule has 500 valence electrons. The molecule has 52 heteroatoms. The first-order valence-electron chi connectivity index (χ1n) is 18.8. The Hall–Kier alpha value is -3.14. The second-order valence-electron chi connectivity index (χ2n) is 17.0. The minimum atomic E-state index is -9.64. The van der Waals surface area contributed by atoms with Gasteiger partial charge >= 0.3 is 143 Å². The second-order valence-corrected chi connectivity index (χ2v) is 21.6. The molecule has 0 aromatic rings.